The summed E-state index contributed by atoms with van der Waals surface area (Å²) in [5.74, 6) is -0.390. The van der Waals surface area contributed by atoms with Gasteiger partial charge in [0.25, 0.3) is 0 Å². The lowest BCUT2D eigenvalue weighted by atomic mass is 10.1. The highest BCUT2D eigenvalue weighted by molar-refractivity contribution is 5.82. The van der Waals surface area contributed by atoms with Crippen molar-refractivity contribution in [2.45, 2.75) is 44.7 Å². The molecule has 0 aromatic carbocycles. The SMILES string of the molecule is CC(CCc1ccco1)NC(=O)C(N)CCC(=O)O. The zero-order chi connectivity index (χ0) is 14.3. The number of hydrogen-bond acceptors (Lipinski definition) is 4. The van der Waals surface area contributed by atoms with Gasteiger partial charge in [-0.05, 0) is 31.9 Å². The molecule has 1 heterocycles. The molecule has 2 unspecified atom stereocenters. The molecular weight excluding hydrogens is 248 g/mol. The maximum atomic E-state index is 11.7. The molecular formula is C13H20N2O4. The van der Waals surface area contributed by atoms with Gasteiger partial charge in [-0.25, -0.2) is 0 Å². The lowest BCUT2D eigenvalue weighted by molar-refractivity contribution is -0.137. The zero-order valence-electron chi connectivity index (χ0n) is 11.0. The maximum Gasteiger partial charge on any atom is 0.303 e. The Balaban J connectivity index is 2.24. The molecule has 0 saturated carbocycles. The third-order valence-corrected chi connectivity index (χ3v) is 2.80. The van der Waals surface area contributed by atoms with Crippen LogP contribution in [0.4, 0.5) is 0 Å². The third kappa shape index (κ3) is 6.05. The zero-order valence-corrected chi connectivity index (χ0v) is 11.0. The van der Waals surface area contributed by atoms with Crippen LogP contribution in [-0.2, 0) is 16.0 Å². The van der Waals surface area contributed by atoms with Gasteiger partial charge in [0.05, 0.1) is 12.3 Å². The van der Waals surface area contributed by atoms with Crippen molar-refractivity contribution < 1.29 is 19.1 Å². The Labute approximate surface area is 112 Å². The van der Waals surface area contributed by atoms with E-state index in [0.717, 1.165) is 18.6 Å². The second kappa shape index (κ2) is 7.58. The van der Waals surface area contributed by atoms with Crippen LogP contribution in [0.3, 0.4) is 0 Å². The molecule has 1 aromatic rings. The summed E-state index contributed by atoms with van der Waals surface area (Å²) in [5, 5.41) is 11.3. The van der Waals surface area contributed by atoms with Gasteiger partial charge in [0.15, 0.2) is 0 Å². The molecule has 6 nitrogen and oxygen atoms in total. The summed E-state index contributed by atoms with van der Waals surface area (Å²) in [6.45, 7) is 1.88. The van der Waals surface area contributed by atoms with Crippen LogP contribution in [0.5, 0.6) is 0 Å². The van der Waals surface area contributed by atoms with Crippen LogP contribution in [0.15, 0.2) is 22.8 Å². The molecule has 4 N–H and O–H groups in total. The van der Waals surface area contributed by atoms with Gasteiger partial charge in [-0.15, -0.1) is 0 Å². The second-order valence-electron chi connectivity index (χ2n) is 4.57. The second-order valence-corrected chi connectivity index (χ2v) is 4.57. The molecule has 0 spiro atoms. The number of carbonyl (C=O) groups is 2. The first-order valence-electron chi connectivity index (χ1n) is 6.29. The van der Waals surface area contributed by atoms with E-state index in [2.05, 4.69) is 5.32 Å². The Bertz CT molecular complexity index is 403. The average molecular weight is 268 g/mol. The van der Waals surface area contributed by atoms with Crippen LogP contribution in [0, 0.1) is 0 Å². The summed E-state index contributed by atoms with van der Waals surface area (Å²) in [6, 6.07) is 2.89. The molecule has 0 aliphatic carbocycles. The van der Waals surface area contributed by atoms with E-state index in [1.165, 1.54) is 0 Å². The van der Waals surface area contributed by atoms with Crippen molar-refractivity contribution in [2.24, 2.45) is 5.73 Å². The number of rotatable bonds is 8. The van der Waals surface area contributed by atoms with Crippen LogP contribution in [0.25, 0.3) is 0 Å². The fourth-order valence-electron chi connectivity index (χ4n) is 1.65. The lowest BCUT2D eigenvalue weighted by Gasteiger charge is -2.16. The normalized spacial score (nSPS) is 13.8. The first-order valence-corrected chi connectivity index (χ1v) is 6.29. The van der Waals surface area contributed by atoms with Crippen LogP contribution >= 0.6 is 0 Å². The van der Waals surface area contributed by atoms with Gasteiger partial charge >= 0.3 is 5.97 Å². The largest absolute Gasteiger partial charge is 0.481 e. The molecule has 0 bridgehead atoms. The molecule has 1 rings (SSSR count). The summed E-state index contributed by atoms with van der Waals surface area (Å²) in [7, 11) is 0. The molecule has 0 fully saturated rings. The smallest absolute Gasteiger partial charge is 0.303 e. The molecule has 0 aliphatic rings. The summed E-state index contributed by atoms with van der Waals surface area (Å²) in [6.07, 6.45) is 3.13. The highest BCUT2D eigenvalue weighted by Gasteiger charge is 2.16. The number of nitrogens with one attached hydrogen (secondary N) is 1. The Morgan fingerprint density at radius 3 is 2.79 bits per heavy atom. The number of carboxylic acid groups (broad SMARTS) is 1. The highest BCUT2D eigenvalue weighted by Crippen LogP contribution is 2.06. The van der Waals surface area contributed by atoms with Gasteiger partial charge in [-0.1, -0.05) is 0 Å². The van der Waals surface area contributed by atoms with Crippen molar-refractivity contribution in [3.63, 3.8) is 0 Å². The quantitative estimate of drug-likeness (QED) is 0.649. The van der Waals surface area contributed by atoms with Crippen molar-refractivity contribution in [1.82, 2.24) is 5.32 Å². The first kappa shape index (κ1) is 15.2. The Morgan fingerprint density at radius 2 is 2.21 bits per heavy atom. The van der Waals surface area contributed by atoms with E-state index in [-0.39, 0.29) is 24.8 Å². The predicted octanol–water partition coefficient (Wildman–Crippen LogP) is 0.909. The van der Waals surface area contributed by atoms with E-state index >= 15 is 0 Å². The van der Waals surface area contributed by atoms with E-state index in [0.29, 0.717) is 0 Å². The average Bonchev–Trinajstić information content (AvgIpc) is 2.86. The highest BCUT2D eigenvalue weighted by atomic mass is 16.4. The minimum absolute atomic E-state index is 0.0338. The third-order valence-electron chi connectivity index (χ3n) is 2.80. The fourth-order valence-corrected chi connectivity index (χ4v) is 1.65. The number of furan rings is 1. The van der Waals surface area contributed by atoms with Crippen molar-refractivity contribution in [2.75, 3.05) is 0 Å². The number of hydrogen-bond donors (Lipinski definition) is 3. The van der Waals surface area contributed by atoms with Gasteiger partial charge in [0, 0.05) is 18.9 Å². The molecule has 2 atom stereocenters. The predicted molar refractivity (Wildman–Crippen MR) is 69.5 cm³/mol. The summed E-state index contributed by atoms with van der Waals surface area (Å²) >= 11 is 0. The molecule has 6 heteroatoms. The molecule has 0 saturated heterocycles. The number of amides is 1. The molecule has 1 amide bonds. The van der Waals surface area contributed by atoms with Crippen molar-refractivity contribution in [3.8, 4) is 0 Å². The molecule has 0 aliphatic heterocycles. The van der Waals surface area contributed by atoms with Gasteiger partial charge in [-0.3, -0.25) is 9.59 Å². The standard InChI is InChI=1S/C13H20N2O4/c1-9(4-5-10-3-2-8-19-10)15-13(18)11(14)6-7-12(16)17/h2-3,8-9,11H,4-7,14H2,1H3,(H,15,18)(H,16,17). The Hall–Kier alpha value is -1.82. The summed E-state index contributed by atoms with van der Waals surface area (Å²) in [4.78, 5) is 22.1. The molecule has 19 heavy (non-hydrogen) atoms. The molecule has 106 valence electrons. The van der Waals surface area contributed by atoms with E-state index in [9.17, 15) is 9.59 Å². The van der Waals surface area contributed by atoms with Gasteiger partial charge < -0.3 is 20.6 Å². The summed E-state index contributed by atoms with van der Waals surface area (Å²) in [5.41, 5.74) is 5.61. The van der Waals surface area contributed by atoms with E-state index in [1.54, 1.807) is 6.26 Å². The fraction of sp³-hybridized carbons (Fsp3) is 0.538. The molecule has 1 aromatic heterocycles. The Kier molecular flexibility index (Phi) is 6.08. The minimum Gasteiger partial charge on any atom is -0.481 e. The monoisotopic (exact) mass is 268 g/mol. The van der Waals surface area contributed by atoms with Crippen LogP contribution in [0.2, 0.25) is 0 Å². The molecule has 0 radical (unpaired) electrons. The minimum atomic E-state index is -0.950. The van der Waals surface area contributed by atoms with Crippen LogP contribution in [-0.4, -0.2) is 29.1 Å². The van der Waals surface area contributed by atoms with Crippen LogP contribution < -0.4 is 11.1 Å². The number of carbonyl (C=O) groups excluding carboxylic acids is 1. The van der Waals surface area contributed by atoms with Gasteiger partial charge in [-0.2, -0.15) is 0 Å². The lowest BCUT2D eigenvalue weighted by Crippen LogP contribution is -2.44. The summed E-state index contributed by atoms with van der Waals surface area (Å²) < 4.78 is 5.20. The van der Waals surface area contributed by atoms with Crippen molar-refractivity contribution in [1.29, 1.82) is 0 Å². The Morgan fingerprint density at radius 1 is 1.47 bits per heavy atom. The number of carboxylic acids is 1. The first-order chi connectivity index (χ1) is 8.99. The van der Waals surface area contributed by atoms with Gasteiger partial charge in [0.2, 0.25) is 5.91 Å². The van der Waals surface area contributed by atoms with Gasteiger partial charge in [0.1, 0.15) is 5.76 Å². The van der Waals surface area contributed by atoms with E-state index < -0.39 is 12.0 Å². The number of aryl methyl sites for hydroxylation is 1. The van der Waals surface area contributed by atoms with E-state index in [1.807, 2.05) is 19.1 Å². The topological polar surface area (TPSA) is 106 Å². The van der Waals surface area contributed by atoms with Crippen molar-refractivity contribution >= 4 is 11.9 Å². The van der Waals surface area contributed by atoms with E-state index in [4.69, 9.17) is 15.3 Å². The maximum absolute atomic E-state index is 11.7. The van der Waals surface area contributed by atoms with Crippen LogP contribution in [0.1, 0.15) is 31.9 Å². The number of aliphatic carboxylic acids is 1. The van der Waals surface area contributed by atoms with Crippen molar-refractivity contribution in [3.05, 3.63) is 24.2 Å². The number of nitrogens with two attached hydrogens (primary N) is 1.